The molecule has 1 heterocycles. The molecule has 1 N–H and O–H groups in total. The highest BCUT2D eigenvalue weighted by Gasteiger charge is 2.19. The molecule has 0 fully saturated rings. The van der Waals surface area contributed by atoms with Crippen molar-refractivity contribution < 1.29 is 4.79 Å². The summed E-state index contributed by atoms with van der Waals surface area (Å²) < 4.78 is 1.80. The summed E-state index contributed by atoms with van der Waals surface area (Å²) in [4.78, 5) is 12.5. The van der Waals surface area contributed by atoms with E-state index in [1.165, 1.54) is 18.4 Å². The second-order valence-electron chi connectivity index (χ2n) is 6.14. The molecular formula is C17H27N3O. The van der Waals surface area contributed by atoms with Gasteiger partial charge in [0.15, 0.2) is 0 Å². The number of allylic oxidation sites excluding steroid dienone is 1. The molecule has 0 aromatic carbocycles. The van der Waals surface area contributed by atoms with Gasteiger partial charge in [-0.15, -0.1) is 0 Å². The minimum Gasteiger partial charge on any atom is -0.345 e. The van der Waals surface area contributed by atoms with Crippen LogP contribution < -0.4 is 5.32 Å². The second kappa shape index (κ2) is 6.92. The zero-order valence-electron chi connectivity index (χ0n) is 13.6. The lowest BCUT2D eigenvalue weighted by molar-refractivity contribution is 0.0934. The summed E-state index contributed by atoms with van der Waals surface area (Å²) in [6.45, 7) is 9.00. The van der Waals surface area contributed by atoms with E-state index >= 15 is 0 Å². The highest BCUT2D eigenvalue weighted by atomic mass is 16.2. The topological polar surface area (TPSA) is 46.9 Å². The average Bonchev–Trinajstić information content (AvgIpc) is 2.92. The lowest BCUT2D eigenvalue weighted by Crippen LogP contribution is -2.35. The number of rotatable bonds is 5. The molecular weight excluding hydrogens is 262 g/mol. The van der Waals surface area contributed by atoms with Gasteiger partial charge in [-0.25, -0.2) is 0 Å². The predicted molar refractivity (Wildman–Crippen MR) is 85.5 cm³/mol. The van der Waals surface area contributed by atoms with Crippen LogP contribution in [0.15, 0.2) is 17.7 Å². The highest BCUT2D eigenvalue weighted by Crippen LogP contribution is 2.21. The van der Waals surface area contributed by atoms with Crippen LogP contribution in [0.3, 0.4) is 0 Å². The molecule has 1 amide bonds. The smallest absolute Gasteiger partial charge is 0.270 e. The summed E-state index contributed by atoms with van der Waals surface area (Å²) in [6.07, 6.45) is 7.03. The number of nitrogens with zero attached hydrogens (tertiary/aromatic N) is 2. The molecule has 2 rings (SSSR count). The zero-order valence-corrected chi connectivity index (χ0v) is 13.6. The Morgan fingerprint density at radius 1 is 1.38 bits per heavy atom. The van der Waals surface area contributed by atoms with Gasteiger partial charge in [-0.2, -0.15) is 5.10 Å². The number of carbonyl (C=O) groups is 1. The predicted octanol–water partition coefficient (Wildman–Crippen LogP) is 3.65. The Balaban J connectivity index is 2.10. The van der Waals surface area contributed by atoms with Gasteiger partial charge in [-0.1, -0.05) is 25.5 Å². The van der Waals surface area contributed by atoms with Crippen molar-refractivity contribution in [3.63, 3.8) is 0 Å². The Bertz CT molecular complexity index is 528. The Labute approximate surface area is 127 Å². The van der Waals surface area contributed by atoms with E-state index in [2.05, 4.69) is 37.3 Å². The molecule has 4 heteroatoms. The van der Waals surface area contributed by atoms with Gasteiger partial charge in [0.2, 0.25) is 0 Å². The molecule has 1 atom stereocenters. The number of aryl methyl sites for hydroxylation is 1. The number of carbonyl (C=O) groups excluding carboxylic acids is 1. The molecule has 1 aromatic heterocycles. The Morgan fingerprint density at radius 3 is 2.71 bits per heavy atom. The van der Waals surface area contributed by atoms with Crippen LogP contribution in [0.4, 0.5) is 0 Å². The van der Waals surface area contributed by atoms with Crippen LogP contribution >= 0.6 is 0 Å². The van der Waals surface area contributed by atoms with E-state index in [4.69, 9.17) is 0 Å². The summed E-state index contributed by atoms with van der Waals surface area (Å²) in [6, 6.07) is 2.03. The number of aromatic nitrogens is 2. The minimum absolute atomic E-state index is 0.0183. The monoisotopic (exact) mass is 289 g/mol. The molecule has 1 aliphatic carbocycles. The van der Waals surface area contributed by atoms with E-state index in [0.717, 1.165) is 18.5 Å². The van der Waals surface area contributed by atoms with E-state index in [1.54, 1.807) is 4.68 Å². The van der Waals surface area contributed by atoms with Gasteiger partial charge in [0.05, 0.1) is 5.69 Å². The van der Waals surface area contributed by atoms with Crippen molar-refractivity contribution >= 4 is 5.91 Å². The van der Waals surface area contributed by atoms with Crippen molar-refractivity contribution in [3.05, 3.63) is 29.1 Å². The number of hydrogen-bond acceptors (Lipinski definition) is 2. The lowest BCUT2D eigenvalue weighted by atomic mass is 9.94. The van der Waals surface area contributed by atoms with Crippen LogP contribution in [-0.2, 0) is 6.54 Å². The molecule has 116 valence electrons. The van der Waals surface area contributed by atoms with Crippen molar-refractivity contribution in [2.75, 3.05) is 0 Å². The van der Waals surface area contributed by atoms with Crippen molar-refractivity contribution in [2.24, 2.45) is 0 Å². The average molecular weight is 289 g/mol. The van der Waals surface area contributed by atoms with Crippen LogP contribution in [-0.4, -0.2) is 21.7 Å². The van der Waals surface area contributed by atoms with Gasteiger partial charge in [-0.05, 0) is 51.5 Å². The lowest BCUT2D eigenvalue weighted by Gasteiger charge is -2.20. The van der Waals surface area contributed by atoms with E-state index < -0.39 is 0 Å². The summed E-state index contributed by atoms with van der Waals surface area (Å²) in [5.74, 6) is 0.318. The molecule has 0 bridgehead atoms. The largest absolute Gasteiger partial charge is 0.345 e. The molecule has 0 saturated heterocycles. The van der Waals surface area contributed by atoms with Gasteiger partial charge in [0, 0.05) is 12.6 Å². The molecule has 0 radical (unpaired) electrons. The van der Waals surface area contributed by atoms with Crippen LogP contribution in [0.5, 0.6) is 0 Å². The van der Waals surface area contributed by atoms with Crippen molar-refractivity contribution in [1.82, 2.24) is 15.1 Å². The summed E-state index contributed by atoms with van der Waals surface area (Å²) in [7, 11) is 0. The van der Waals surface area contributed by atoms with Gasteiger partial charge < -0.3 is 5.32 Å². The fraction of sp³-hybridized carbons (Fsp3) is 0.647. The highest BCUT2D eigenvalue weighted by molar-refractivity contribution is 5.93. The minimum atomic E-state index is -0.0183. The zero-order chi connectivity index (χ0) is 15.4. The normalized spacial score (nSPS) is 16.7. The fourth-order valence-corrected chi connectivity index (χ4v) is 2.76. The first-order chi connectivity index (χ1) is 10.0. The SMILES string of the molecule is CCn1nc(C(C)C)cc1C(=O)N[C@@H](C)C1=CCCCC1. The Kier molecular flexibility index (Phi) is 5.21. The van der Waals surface area contributed by atoms with Crippen LogP contribution in [0.2, 0.25) is 0 Å². The summed E-state index contributed by atoms with van der Waals surface area (Å²) in [5.41, 5.74) is 3.01. The molecule has 0 spiro atoms. The molecule has 4 nitrogen and oxygen atoms in total. The first-order valence-electron chi connectivity index (χ1n) is 8.10. The van der Waals surface area contributed by atoms with Crippen molar-refractivity contribution in [3.8, 4) is 0 Å². The van der Waals surface area contributed by atoms with Crippen molar-refractivity contribution in [2.45, 2.75) is 71.9 Å². The van der Waals surface area contributed by atoms with Crippen LogP contribution in [0.25, 0.3) is 0 Å². The third-order valence-corrected chi connectivity index (χ3v) is 4.15. The first kappa shape index (κ1) is 15.8. The summed E-state index contributed by atoms with van der Waals surface area (Å²) in [5, 5.41) is 7.64. The number of nitrogens with one attached hydrogen (secondary N) is 1. The second-order valence-corrected chi connectivity index (χ2v) is 6.14. The van der Waals surface area contributed by atoms with E-state index in [9.17, 15) is 4.79 Å². The third kappa shape index (κ3) is 3.74. The maximum absolute atomic E-state index is 12.5. The molecule has 1 aromatic rings. The maximum atomic E-state index is 12.5. The van der Waals surface area contributed by atoms with E-state index in [0.29, 0.717) is 18.2 Å². The molecule has 1 aliphatic rings. The number of hydrogen-bond donors (Lipinski definition) is 1. The third-order valence-electron chi connectivity index (χ3n) is 4.15. The first-order valence-corrected chi connectivity index (χ1v) is 8.10. The Morgan fingerprint density at radius 2 is 2.14 bits per heavy atom. The van der Waals surface area contributed by atoms with Gasteiger partial charge >= 0.3 is 0 Å². The van der Waals surface area contributed by atoms with E-state index in [-0.39, 0.29) is 11.9 Å². The van der Waals surface area contributed by atoms with Crippen LogP contribution in [0.1, 0.15) is 75.5 Å². The fourth-order valence-electron chi connectivity index (χ4n) is 2.76. The quantitative estimate of drug-likeness (QED) is 0.841. The molecule has 0 unspecified atom stereocenters. The standard InChI is InChI=1S/C17H27N3O/c1-5-20-16(11-15(19-20)12(2)3)17(21)18-13(4)14-9-7-6-8-10-14/h9,11-13H,5-8,10H2,1-4H3,(H,18,21)/t13-/m0/s1. The maximum Gasteiger partial charge on any atom is 0.270 e. The van der Waals surface area contributed by atoms with E-state index in [1.807, 2.05) is 13.0 Å². The molecule has 0 saturated carbocycles. The van der Waals surface area contributed by atoms with Crippen molar-refractivity contribution in [1.29, 1.82) is 0 Å². The van der Waals surface area contributed by atoms with Gasteiger partial charge in [-0.3, -0.25) is 9.48 Å². The summed E-state index contributed by atoms with van der Waals surface area (Å²) >= 11 is 0. The Hall–Kier alpha value is -1.58. The molecule has 21 heavy (non-hydrogen) atoms. The molecule has 0 aliphatic heterocycles. The van der Waals surface area contributed by atoms with Crippen LogP contribution in [0, 0.1) is 0 Å². The van der Waals surface area contributed by atoms with Gasteiger partial charge in [0.25, 0.3) is 5.91 Å². The number of amides is 1. The van der Waals surface area contributed by atoms with Gasteiger partial charge in [0.1, 0.15) is 5.69 Å².